The predicted octanol–water partition coefficient (Wildman–Crippen LogP) is 3.06. The van der Waals surface area contributed by atoms with Gasteiger partial charge in [0.15, 0.2) is 5.16 Å². The third-order valence-corrected chi connectivity index (χ3v) is 3.79. The molecule has 0 atom stereocenters. The SMILES string of the molecule is CCc1cc(=O)[nH]c(SCCCc2ccccc2)n1. The molecule has 2 rings (SSSR count). The molecule has 0 saturated carbocycles. The maximum Gasteiger partial charge on any atom is 0.251 e. The van der Waals surface area contributed by atoms with Crippen LogP contribution in [0, 0.1) is 0 Å². The van der Waals surface area contributed by atoms with Crippen molar-refractivity contribution < 1.29 is 0 Å². The lowest BCUT2D eigenvalue weighted by molar-refractivity contribution is 0.862. The fourth-order valence-electron chi connectivity index (χ4n) is 1.82. The molecule has 0 unspecified atom stereocenters. The third-order valence-electron chi connectivity index (χ3n) is 2.83. The predicted molar refractivity (Wildman–Crippen MR) is 79.7 cm³/mol. The first-order chi connectivity index (χ1) is 9.28. The Morgan fingerprint density at radius 2 is 2.05 bits per heavy atom. The van der Waals surface area contributed by atoms with Crippen LogP contribution >= 0.6 is 11.8 Å². The molecule has 1 N–H and O–H groups in total. The highest BCUT2D eigenvalue weighted by Crippen LogP contribution is 2.14. The summed E-state index contributed by atoms with van der Waals surface area (Å²) in [4.78, 5) is 18.6. The minimum Gasteiger partial charge on any atom is -0.301 e. The Bertz CT molecular complexity index is 566. The summed E-state index contributed by atoms with van der Waals surface area (Å²) in [6.07, 6.45) is 2.93. The zero-order chi connectivity index (χ0) is 13.5. The summed E-state index contributed by atoms with van der Waals surface area (Å²) in [7, 11) is 0. The number of aromatic nitrogens is 2. The van der Waals surface area contributed by atoms with Gasteiger partial charge in [-0.25, -0.2) is 4.98 Å². The van der Waals surface area contributed by atoms with Gasteiger partial charge in [-0.05, 0) is 24.8 Å². The van der Waals surface area contributed by atoms with Crippen LogP contribution in [0.4, 0.5) is 0 Å². The van der Waals surface area contributed by atoms with Crippen LogP contribution in [0.2, 0.25) is 0 Å². The Morgan fingerprint density at radius 1 is 1.26 bits per heavy atom. The molecule has 100 valence electrons. The Labute approximate surface area is 117 Å². The largest absolute Gasteiger partial charge is 0.301 e. The van der Waals surface area contributed by atoms with Gasteiger partial charge >= 0.3 is 0 Å². The van der Waals surface area contributed by atoms with E-state index in [0.29, 0.717) is 0 Å². The van der Waals surface area contributed by atoms with Gasteiger partial charge in [0, 0.05) is 17.5 Å². The number of rotatable bonds is 6. The van der Waals surface area contributed by atoms with Crippen molar-refractivity contribution in [2.75, 3.05) is 5.75 Å². The maximum atomic E-state index is 11.4. The number of aromatic amines is 1. The van der Waals surface area contributed by atoms with Gasteiger partial charge in [0.05, 0.1) is 0 Å². The van der Waals surface area contributed by atoms with Gasteiger partial charge in [-0.2, -0.15) is 0 Å². The van der Waals surface area contributed by atoms with Crippen LogP contribution in [0.25, 0.3) is 0 Å². The molecule has 0 spiro atoms. The quantitative estimate of drug-likeness (QED) is 0.500. The smallest absolute Gasteiger partial charge is 0.251 e. The monoisotopic (exact) mass is 274 g/mol. The van der Waals surface area contributed by atoms with Gasteiger partial charge in [-0.1, -0.05) is 49.0 Å². The van der Waals surface area contributed by atoms with Crippen LogP contribution in [0.15, 0.2) is 46.3 Å². The highest BCUT2D eigenvalue weighted by atomic mass is 32.2. The lowest BCUT2D eigenvalue weighted by Crippen LogP contribution is -2.09. The normalized spacial score (nSPS) is 10.6. The molecule has 19 heavy (non-hydrogen) atoms. The van der Waals surface area contributed by atoms with Crippen molar-refractivity contribution in [1.29, 1.82) is 0 Å². The molecule has 0 radical (unpaired) electrons. The van der Waals surface area contributed by atoms with Crippen molar-refractivity contribution in [3.63, 3.8) is 0 Å². The van der Waals surface area contributed by atoms with E-state index in [1.165, 1.54) is 5.56 Å². The Kier molecular flexibility index (Phi) is 5.21. The average Bonchev–Trinajstić information content (AvgIpc) is 2.44. The summed E-state index contributed by atoms with van der Waals surface area (Å²) in [5.74, 6) is 0.963. The van der Waals surface area contributed by atoms with E-state index in [9.17, 15) is 4.79 Å². The van der Waals surface area contributed by atoms with Crippen LogP contribution in [-0.2, 0) is 12.8 Å². The van der Waals surface area contributed by atoms with Gasteiger partial charge in [-0.3, -0.25) is 4.79 Å². The molecule has 0 bridgehead atoms. The number of benzene rings is 1. The molecule has 0 amide bonds. The molecule has 1 heterocycles. The Morgan fingerprint density at radius 3 is 2.79 bits per heavy atom. The summed E-state index contributed by atoms with van der Waals surface area (Å²) in [6, 6.07) is 12.0. The average molecular weight is 274 g/mol. The zero-order valence-corrected chi connectivity index (χ0v) is 11.9. The molecule has 0 saturated heterocycles. The molecule has 0 aliphatic carbocycles. The first-order valence-corrected chi connectivity index (χ1v) is 7.53. The number of aryl methyl sites for hydroxylation is 2. The van der Waals surface area contributed by atoms with Gasteiger partial charge in [0.2, 0.25) is 0 Å². The van der Waals surface area contributed by atoms with E-state index in [0.717, 1.165) is 35.9 Å². The molecule has 4 heteroatoms. The van der Waals surface area contributed by atoms with E-state index in [-0.39, 0.29) is 5.56 Å². The van der Waals surface area contributed by atoms with Crippen molar-refractivity contribution in [2.24, 2.45) is 0 Å². The summed E-state index contributed by atoms with van der Waals surface area (Å²) >= 11 is 1.62. The van der Waals surface area contributed by atoms with Gasteiger partial charge in [-0.15, -0.1) is 0 Å². The van der Waals surface area contributed by atoms with Crippen LogP contribution < -0.4 is 5.56 Å². The van der Waals surface area contributed by atoms with E-state index < -0.39 is 0 Å². The minimum absolute atomic E-state index is 0.0580. The van der Waals surface area contributed by atoms with E-state index in [1.807, 2.05) is 13.0 Å². The topological polar surface area (TPSA) is 45.8 Å². The fourth-order valence-corrected chi connectivity index (χ4v) is 2.66. The van der Waals surface area contributed by atoms with Crippen molar-refractivity contribution >= 4 is 11.8 Å². The Hall–Kier alpha value is -1.55. The number of hydrogen-bond acceptors (Lipinski definition) is 3. The number of hydrogen-bond donors (Lipinski definition) is 1. The summed E-state index contributed by atoms with van der Waals surface area (Å²) < 4.78 is 0. The van der Waals surface area contributed by atoms with Crippen molar-refractivity contribution in [2.45, 2.75) is 31.3 Å². The molecular formula is C15H18N2OS. The molecule has 3 nitrogen and oxygen atoms in total. The molecule has 1 aromatic heterocycles. The summed E-state index contributed by atoms with van der Waals surface area (Å²) in [5.41, 5.74) is 2.15. The second-order valence-corrected chi connectivity index (χ2v) is 5.42. The molecule has 2 aromatic rings. The van der Waals surface area contributed by atoms with E-state index in [1.54, 1.807) is 17.8 Å². The van der Waals surface area contributed by atoms with E-state index in [2.05, 4.69) is 34.2 Å². The van der Waals surface area contributed by atoms with Crippen LogP contribution in [0.1, 0.15) is 24.6 Å². The second kappa shape index (κ2) is 7.14. The summed E-state index contributed by atoms with van der Waals surface area (Å²) in [5, 5.41) is 0.734. The van der Waals surface area contributed by atoms with Crippen molar-refractivity contribution in [3.8, 4) is 0 Å². The van der Waals surface area contributed by atoms with E-state index in [4.69, 9.17) is 0 Å². The molecule has 0 aliphatic heterocycles. The van der Waals surface area contributed by atoms with Gasteiger partial charge in [0.25, 0.3) is 5.56 Å². The van der Waals surface area contributed by atoms with E-state index >= 15 is 0 Å². The highest BCUT2D eigenvalue weighted by Gasteiger charge is 2.01. The minimum atomic E-state index is -0.0580. The number of nitrogens with one attached hydrogen (secondary N) is 1. The standard InChI is InChI=1S/C15H18N2OS/c1-2-13-11-14(18)17-15(16-13)19-10-6-9-12-7-4-3-5-8-12/h3-5,7-8,11H,2,6,9-10H2,1H3,(H,16,17,18). The second-order valence-electron chi connectivity index (χ2n) is 4.33. The maximum absolute atomic E-state index is 11.4. The third kappa shape index (κ3) is 4.56. The molecule has 0 fully saturated rings. The molecule has 0 aliphatic rings. The summed E-state index contributed by atoms with van der Waals surface area (Å²) in [6.45, 7) is 2.01. The highest BCUT2D eigenvalue weighted by molar-refractivity contribution is 7.99. The first kappa shape index (κ1) is 13.9. The number of thioether (sulfide) groups is 1. The lowest BCUT2D eigenvalue weighted by Gasteiger charge is -2.03. The van der Waals surface area contributed by atoms with Crippen LogP contribution in [-0.4, -0.2) is 15.7 Å². The zero-order valence-electron chi connectivity index (χ0n) is 11.1. The Balaban J connectivity index is 1.83. The molecular weight excluding hydrogens is 256 g/mol. The van der Waals surface area contributed by atoms with Crippen LogP contribution in [0.3, 0.4) is 0 Å². The van der Waals surface area contributed by atoms with Crippen molar-refractivity contribution in [3.05, 3.63) is 58.0 Å². The van der Waals surface area contributed by atoms with Gasteiger partial charge < -0.3 is 4.98 Å². The number of nitrogens with zero attached hydrogens (tertiary/aromatic N) is 1. The van der Waals surface area contributed by atoms with Crippen LogP contribution in [0.5, 0.6) is 0 Å². The fraction of sp³-hybridized carbons (Fsp3) is 0.333. The first-order valence-electron chi connectivity index (χ1n) is 6.55. The van der Waals surface area contributed by atoms with Crippen molar-refractivity contribution in [1.82, 2.24) is 9.97 Å². The number of H-pyrrole nitrogens is 1. The molecule has 1 aromatic carbocycles. The van der Waals surface area contributed by atoms with Gasteiger partial charge in [0.1, 0.15) is 0 Å². The lowest BCUT2D eigenvalue weighted by atomic mass is 10.1.